The van der Waals surface area contributed by atoms with Crippen LogP contribution in [0.1, 0.15) is 19.7 Å². The third-order valence-electron chi connectivity index (χ3n) is 2.77. The Hall–Kier alpha value is -1.73. The number of hydrogen-bond acceptors (Lipinski definition) is 5. The number of rotatable bonds is 5. The fourth-order valence-electron chi connectivity index (χ4n) is 1.44. The van der Waals surface area contributed by atoms with E-state index in [1.165, 1.54) is 0 Å². The number of carbonyl (C=O) groups is 1. The Balaban J connectivity index is 2.08. The molecular weight excluding hydrogens is 326 g/mol. The van der Waals surface area contributed by atoms with E-state index in [0.717, 1.165) is 10.0 Å². The number of benzene rings is 1. The van der Waals surface area contributed by atoms with Crippen molar-refractivity contribution in [2.45, 2.75) is 25.9 Å². The highest BCUT2D eigenvalue weighted by atomic mass is 79.9. The molecule has 2 rings (SSSR count). The van der Waals surface area contributed by atoms with E-state index in [1.807, 2.05) is 24.3 Å². The molecule has 0 bridgehead atoms. The van der Waals surface area contributed by atoms with Crippen molar-refractivity contribution in [1.82, 2.24) is 15.5 Å². The number of nitrogens with one attached hydrogen (secondary N) is 1. The van der Waals surface area contributed by atoms with Crippen molar-refractivity contribution in [1.29, 1.82) is 0 Å². The van der Waals surface area contributed by atoms with Crippen molar-refractivity contribution in [2.24, 2.45) is 0 Å². The maximum atomic E-state index is 11.0. The van der Waals surface area contributed by atoms with Crippen molar-refractivity contribution < 1.29 is 14.4 Å². The lowest BCUT2D eigenvalue weighted by molar-refractivity contribution is -0.143. The molecule has 0 saturated carbocycles. The summed E-state index contributed by atoms with van der Waals surface area (Å²) >= 11 is 3.38. The van der Waals surface area contributed by atoms with Crippen molar-refractivity contribution in [2.75, 3.05) is 0 Å². The van der Waals surface area contributed by atoms with E-state index in [9.17, 15) is 4.79 Å². The summed E-state index contributed by atoms with van der Waals surface area (Å²) < 4.78 is 6.02. The molecule has 7 heteroatoms. The second kappa shape index (κ2) is 5.72. The molecule has 0 aliphatic rings. The lowest BCUT2D eigenvalue weighted by Crippen LogP contribution is -2.46. The summed E-state index contributed by atoms with van der Waals surface area (Å²) in [5.74, 6) is -0.130. The van der Waals surface area contributed by atoms with E-state index in [4.69, 9.17) is 9.63 Å². The van der Waals surface area contributed by atoms with Crippen LogP contribution in [0.4, 0.5) is 0 Å². The number of carboxylic acids is 1. The van der Waals surface area contributed by atoms with Gasteiger partial charge in [0.25, 0.3) is 0 Å². The minimum Gasteiger partial charge on any atom is -0.480 e. The molecule has 6 nitrogen and oxygen atoms in total. The smallest absolute Gasteiger partial charge is 0.323 e. The topological polar surface area (TPSA) is 88.3 Å². The molecule has 20 heavy (non-hydrogen) atoms. The molecule has 1 heterocycles. The van der Waals surface area contributed by atoms with Gasteiger partial charge in [-0.05, 0) is 26.0 Å². The van der Waals surface area contributed by atoms with Gasteiger partial charge < -0.3 is 9.63 Å². The summed E-state index contributed by atoms with van der Waals surface area (Å²) in [5, 5.41) is 15.7. The summed E-state index contributed by atoms with van der Waals surface area (Å²) in [6.45, 7) is 3.34. The van der Waals surface area contributed by atoms with E-state index < -0.39 is 11.5 Å². The first-order valence-electron chi connectivity index (χ1n) is 5.95. The average molecular weight is 340 g/mol. The summed E-state index contributed by atoms with van der Waals surface area (Å²) in [6, 6.07) is 7.53. The zero-order valence-corrected chi connectivity index (χ0v) is 12.6. The minimum absolute atomic E-state index is 0.195. The molecule has 0 saturated heterocycles. The van der Waals surface area contributed by atoms with Gasteiger partial charge in [-0.3, -0.25) is 10.1 Å². The van der Waals surface area contributed by atoms with Crippen molar-refractivity contribution >= 4 is 21.9 Å². The molecule has 0 aliphatic heterocycles. The lowest BCUT2D eigenvalue weighted by Gasteiger charge is -2.19. The summed E-state index contributed by atoms with van der Waals surface area (Å²) in [7, 11) is 0. The van der Waals surface area contributed by atoms with Crippen LogP contribution >= 0.6 is 15.9 Å². The molecule has 0 amide bonds. The minimum atomic E-state index is -1.05. The van der Waals surface area contributed by atoms with Gasteiger partial charge in [-0.1, -0.05) is 33.2 Å². The van der Waals surface area contributed by atoms with E-state index >= 15 is 0 Å². The molecule has 0 aliphatic carbocycles. The number of hydrogen-bond donors (Lipinski definition) is 2. The molecule has 2 N–H and O–H groups in total. The van der Waals surface area contributed by atoms with Gasteiger partial charge in [0.15, 0.2) is 0 Å². The standard InChI is InChI=1S/C13H14BrN3O3/c1-13(2,12(18)19)15-7-10-16-11(17-20-10)8-4-3-5-9(14)6-8/h3-6,15H,7H2,1-2H3,(H,18,19). The van der Waals surface area contributed by atoms with Crippen LogP contribution in [-0.2, 0) is 11.3 Å². The highest BCUT2D eigenvalue weighted by Gasteiger charge is 2.26. The Morgan fingerprint density at radius 3 is 2.90 bits per heavy atom. The van der Waals surface area contributed by atoms with Crippen LogP contribution in [0.25, 0.3) is 11.4 Å². The Morgan fingerprint density at radius 2 is 2.25 bits per heavy atom. The first-order valence-corrected chi connectivity index (χ1v) is 6.75. The molecular formula is C13H14BrN3O3. The zero-order valence-electron chi connectivity index (χ0n) is 11.1. The molecule has 1 aromatic heterocycles. The molecule has 0 fully saturated rings. The molecule has 1 aromatic carbocycles. The Kier molecular flexibility index (Phi) is 4.20. The molecule has 0 spiro atoms. The Morgan fingerprint density at radius 1 is 1.50 bits per heavy atom. The van der Waals surface area contributed by atoms with Crippen LogP contribution in [0.2, 0.25) is 0 Å². The molecule has 0 radical (unpaired) electrons. The largest absolute Gasteiger partial charge is 0.480 e. The van der Waals surface area contributed by atoms with Gasteiger partial charge in [0.1, 0.15) is 5.54 Å². The lowest BCUT2D eigenvalue weighted by atomic mass is 10.1. The average Bonchev–Trinajstić information content (AvgIpc) is 2.85. The second-order valence-electron chi connectivity index (χ2n) is 4.81. The van der Waals surface area contributed by atoms with E-state index in [0.29, 0.717) is 11.7 Å². The normalized spacial score (nSPS) is 11.6. The molecule has 0 unspecified atom stereocenters. The maximum Gasteiger partial charge on any atom is 0.323 e. The second-order valence-corrected chi connectivity index (χ2v) is 5.72. The Labute approximate surface area is 124 Å². The van der Waals surface area contributed by atoms with Crippen molar-refractivity contribution in [3.05, 3.63) is 34.6 Å². The van der Waals surface area contributed by atoms with E-state index in [1.54, 1.807) is 13.8 Å². The maximum absolute atomic E-state index is 11.0. The van der Waals surface area contributed by atoms with Gasteiger partial charge in [-0.25, -0.2) is 0 Å². The van der Waals surface area contributed by atoms with Crippen LogP contribution < -0.4 is 5.32 Å². The molecule has 0 atom stereocenters. The van der Waals surface area contributed by atoms with Gasteiger partial charge >= 0.3 is 5.97 Å². The fourth-order valence-corrected chi connectivity index (χ4v) is 1.84. The highest BCUT2D eigenvalue weighted by molar-refractivity contribution is 9.10. The summed E-state index contributed by atoms with van der Waals surface area (Å²) in [6.07, 6.45) is 0. The van der Waals surface area contributed by atoms with Crippen molar-refractivity contribution in [3.8, 4) is 11.4 Å². The number of aromatic nitrogens is 2. The predicted octanol–water partition coefficient (Wildman–Crippen LogP) is 2.45. The number of aliphatic carboxylic acids is 1. The van der Waals surface area contributed by atoms with Gasteiger partial charge in [0, 0.05) is 10.0 Å². The fraction of sp³-hybridized carbons (Fsp3) is 0.308. The Bertz CT molecular complexity index is 625. The van der Waals surface area contributed by atoms with Gasteiger partial charge in [0.05, 0.1) is 6.54 Å². The van der Waals surface area contributed by atoms with Crippen LogP contribution in [-0.4, -0.2) is 26.8 Å². The third kappa shape index (κ3) is 3.43. The number of nitrogens with zero attached hydrogens (tertiary/aromatic N) is 2. The molecule has 106 valence electrons. The van der Waals surface area contributed by atoms with Gasteiger partial charge in [-0.15, -0.1) is 0 Å². The van der Waals surface area contributed by atoms with Gasteiger partial charge in [-0.2, -0.15) is 4.98 Å². The number of halogens is 1. The summed E-state index contributed by atoms with van der Waals surface area (Å²) in [5.41, 5.74) is -0.225. The summed E-state index contributed by atoms with van der Waals surface area (Å²) in [4.78, 5) is 15.2. The van der Waals surface area contributed by atoms with Crippen molar-refractivity contribution in [3.63, 3.8) is 0 Å². The zero-order chi connectivity index (χ0) is 14.8. The quantitative estimate of drug-likeness (QED) is 0.869. The van der Waals surface area contributed by atoms with E-state index in [-0.39, 0.29) is 6.54 Å². The first-order chi connectivity index (χ1) is 9.38. The van der Waals surface area contributed by atoms with Crippen LogP contribution in [0.3, 0.4) is 0 Å². The predicted molar refractivity (Wildman–Crippen MR) is 76.0 cm³/mol. The third-order valence-corrected chi connectivity index (χ3v) is 3.26. The SMILES string of the molecule is CC(C)(NCc1nc(-c2cccc(Br)c2)no1)C(=O)O. The highest BCUT2D eigenvalue weighted by Crippen LogP contribution is 2.20. The van der Waals surface area contributed by atoms with Crippen LogP contribution in [0, 0.1) is 0 Å². The van der Waals surface area contributed by atoms with Crippen LogP contribution in [0.5, 0.6) is 0 Å². The first kappa shape index (κ1) is 14.7. The monoisotopic (exact) mass is 339 g/mol. The number of carboxylic acid groups (broad SMARTS) is 1. The van der Waals surface area contributed by atoms with E-state index in [2.05, 4.69) is 31.4 Å². The van der Waals surface area contributed by atoms with Crippen LogP contribution in [0.15, 0.2) is 33.3 Å². The molecule has 2 aromatic rings. The van der Waals surface area contributed by atoms with Gasteiger partial charge in [0.2, 0.25) is 11.7 Å².